The molecule has 0 saturated carbocycles. The second-order valence-electron chi connectivity index (χ2n) is 6.71. The monoisotopic (exact) mass is 316 g/mol. The second kappa shape index (κ2) is 6.32. The van der Waals surface area contributed by atoms with E-state index in [-0.39, 0.29) is 36.4 Å². The van der Waals surface area contributed by atoms with Crippen molar-refractivity contribution < 1.29 is 14.3 Å². The molecule has 1 aromatic rings. The van der Waals surface area contributed by atoms with Crippen LogP contribution in [0.1, 0.15) is 49.9 Å². The summed E-state index contributed by atoms with van der Waals surface area (Å²) >= 11 is 0. The molecule has 1 aromatic carbocycles. The highest BCUT2D eigenvalue weighted by Crippen LogP contribution is 2.53. The minimum atomic E-state index is -0.505. The molecule has 2 aliphatic rings. The van der Waals surface area contributed by atoms with E-state index in [0.29, 0.717) is 0 Å². The average molecular weight is 316 g/mol. The Balaban J connectivity index is 1.81. The molecule has 23 heavy (non-hydrogen) atoms. The van der Waals surface area contributed by atoms with Crippen molar-refractivity contribution in [3.8, 4) is 0 Å². The van der Waals surface area contributed by atoms with Crippen molar-refractivity contribution in [2.45, 2.75) is 44.8 Å². The maximum atomic E-state index is 13.1. The Kier molecular flexibility index (Phi) is 4.39. The van der Waals surface area contributed by atoms with Crippen molar-refractivity contribution in [2.75, 3.05) is 13.7 Å². The number of fused-ring (bicyclic) bond motifs is 5. The van der Waals surface area contributed by atoms with Crippen molar-refractivity contribution in [1.29, 1.82) is 0 Å². The summed E-state index contributed by atoms with van der Waals surface area (Å²) in [6.07, 6.45) is 2.01. The highest BCUT2D eigenvalue weighted by Gasteiger charge is 2.48. The Bertz CT molecular complexity index is 583. The first-order chi connectivity index (χ1) is 11.0. The van der Waals surface area contributed by atoms with Crippen LogP contribution in [0.4, 0.5) is 0 Å². The Hall–Kier alpha value is -1.88. The van der Waals surface area contributed by atoms with E-state index in [1.807, 2.05) is 30.9 Å². The summed E-state index contributed by atoms with van der Waals surface area (Å²) < 4.78 is 4.86. The fraction of sp³-hybridized carbons (Fsp3) is 0.556. The minimum absolute atomic E-state index is 0.0214. The molecule has 2 amide bonds. The number of hydrogen-bond donors (Lipinski definition) is 1. The van der Waals surface area contributed by atoms with Gasteiger partial charge in [0.1, 0.15) is 12.6 Å². The first-order valence-electron chi connectivity index (χ1n) is 8.24. The van der Waals surface area contributed by atoms with Crippen molar-refractivity contribution in [3.63, 3.8) is 0 Å². The molecule has 0 spiro atoms. The lowest BCUT2D eigenvalue weighted by molar-refractivity contribution is -0.140. The quantitative estimate of drug-likeness (QED) is 0.906. The molecule has 124 valence electrons. The second-order valence-corrected chi connectivity index (χ2v) is 6.71. The first kappa shape index (κ1) is 16.0. The number of rotatable bonds is 5. The number of carbonyl (C=O) groups is 2. The molecule has 0 aliphatic carbocycles. The van der Waals surface area contributed by atoms with Gasteiger partial charge in [-0.05, 0) is 29.9 Å². The highest BCUT2D eigenvalue weighted by molar-refractivity contribution is 5.89. The minimum Gasteiger partial charge on any atom is -0.375 e. The van der Waals surface area contributed by atoms with Gasteiger partial charge in [-0.25, -0.2) is 0 Å². The van der Waals surface area contributed by atoms with Crippen LogP contribution >= 0.6 is 0 Å². The van der Waals surface area contributed by atoms with Gasteiger partial charge in [0.05, 0.1) is 12.1 Å². The van der Waals surface area contributed by atoms with Crippen LogP contribution in [0, 0.1) is 5.92 Å². The highest BCUT2D eigenvalue weighted by atomic mass is 16.5. The molecule has 2 heterocycles. The molecule has 2 bridgehead atoms. The van der Waals surface area contributed by atoms with E-state index in [1.54, 1.807) is 0 Å². The Morgan fingerprint density at radius 3 is 2.26 bits per heavy atom. The first-order valence-corrected chi connectivity index (χ1v) is 8.24. The molecule has 3 rings (SSSR count). The van der Waals surface area contributed by atoms with Gasteiger partial charge in [-0.3, -0.25) is 9.59 Å². The zero-order valence-corrected chi connectivity index (χ0v) is 13.9. The van der Waals surface area contributed by atoms with Gasteiger partial charge in [0.15, 0.2) is 0 Å². The van der Waals surface area contributed by atoms with E-state index in [4.69, 9.17) is 4.74 Å². The fourth-order valence-electron chi connectivity index (χ4n) is 3.87. The van der Waals surface area contributed by atoms with E-state index in [9.17, 15) is 9.59 Å². The molecule has 1 N–H and O–H groups in total. The van der Waals surface area contributed by atoms with Crippen LogP contribution in [-0.2, 0) is 14.3 Å². The number of methoxy groups -OCH3 is 1. The van der Waals surface area contributed by atoms with Crippen molar-refractivity contribution in [1.82, 2.24) is 10.2 Å². The Morgan fingerprint density at radius 2 is 1.78 bits per heavy atom. The van der Waals surface area contributed by atoms with Crippen LogP contribution in [0.5, 0.6) is 0 Å². The molecule has 1 fully saturated rings. The van der Waals surface area contributed by atoms with Crippen molar-refractivity contribution >= 4 is 11.8 Å². The molecule has 2 aliphatic heterocycles. The lowest BCUT2D eigenvalue weighted by Crippen LogP contribution is -2.51. The third kappa shape index (κ3) is 2.74. The normalized spacial score (nSPS) is 23.0. The number of benzene rings is 1. The zero-order chi connectivity index (χ0) is 16.6. The van der Waals surface area contributed by atoms with E-state index in [2.05, 4.69) is 17.4 Å². The van der Waals surface area contributed by atoms with Gasteiger partial charge in [-0.1, -0.05) is 38.1 Å². The maximum absolute atomic E-state index is 13.1. The molecule has 5 nitrogen and oxygen atoms in total. The van der Waals surface area contributed by atoms with Gasteiger partial charge >= 0.3 is 0 Å². The van der Waals surface area contributed by atoms with E-state index >= 15 is 0 Å². The smallest absolute Gasteiger partial charge is 0.246 e. The topological polar surface area (TPSA) is 58.6 Å². The van der Waals surface area contributed by atoms with Gasteiger partial charge in [0, 0.05) is 7.11 Å². The molecular weight excluding hydrogens is 292 g/mol. The summed E-state index contributed by atoms with van der Waals surface area (Å²) in [6.45, 7) is 3.89. The molecule has 3 atom stereocenters. The average Bonchev–Trinajstić information content (AvgIpc) is 3.09. The van der Waals surface area contributed by atoms with Crippen molar-refractivity contribution in [2.24, 2.45) is 5.92 Å². The third-order valence-corrected chi connectivity index (χ3v) is 4.88. The summed E-state index contributed by atoms with van der Waals surface area (Å²) in [5.74, 6) is -0.192. The van der Waals surface area contributed by atoms with E-state index < -0.39 is 6.04 Å². The molecule has 0 unspecified atom stereocenters. The zero-order valence-electron chi connectivity index (χ0n) is 13.9. The van der Waals surface area contributed by atoms with Crippen LogP contribution in [-0.4, -0.2) is 36.5 Å². The van der Waals surface area contributed by atoms with Gasteiger partial charge in [0.25, 0.3) is 0 Å². The van der Waals surface area contributed by atoms with Crippen LogP contribution in [0.25, 0.3) is 0 Å². The molecule has 1 saturated heterocycles. The van der Waals surface area contributed by atoms with Crippen LogP contribution < -0.4 is 5.32 Å². The Morgan fingerprint density at radius 1 is 1.22 bits per heavy atom. The lowest BCUT2D eigenvalue weighted by atomic mass is 9.92. The lowest BCUT2D eigenvalue weighted by Gasteiger charge is -2.30. The van der Waals surface area contributed by atoms with Gasteiger partial charge < -0.3 is 15.0 Å². The van der Waals surface area contributed by atoms with Crippen LogP contribution in [0.3, 0.4) is 0 Å². The fourth-order valence-corrected chi connectivity index (χ4v) is 3.87. The van der Waals surface area contributed by atoms with E-state index in [1.165, 1.54) is 18.2 Å². The molecular formula is C18H24N2O3. The predicted molar refractivity (Wildman–Crippen MR) is 86.6 cm³/mol. The number of carbonyl (C=O) groups excluding carboxylic acids is 2. The number of ether oxygens (including phenoxy) is 1. The molecule has 0 aromatic heterocycles. The van der Waals surface area contributed by atoms with Crippen LogP contribution in [0.2, 0.25) is 0 Å². The SMILES string of the molecule is COCC(=O)N[C@H](C(=O)N1[C@H]2CC[C@H]1c1ccccc12)C(C)C. The molecule has 5 heteroatoms. The number of amides is 2. The predicted octanol–water partition coefficient (Wildman–Crippen LogP) is 2.19. The number of nitrogens with one attached hydrogen (secondary N) is 1. The summed E-state index contributed by atoms with van der Waals surface area (Å²) in [5.41, 5.74) is 2.53. The summed E-state index contributed by atoms with van der Waals surface area (Å²) in [6, 6.07) is 8.11. The van der Waals surface area contributed by atoms with Crippen LogP contribution in [0.15, 0.2) is 24.3 Å². The largest absolute Gasteiger partial charge is 0.375 e. The summed E-state index contributed by atoms with van der Waals surface area (Å²) in [7, 11) is 1.48. The number of hydrogen-bond acceptors (Lipinski definition) is 3. The van der Waals surface area contributed by atoms with Gasteiger partial charge in [-0.2, -0.15) is 0 Å². The number of nitrogens with zero attached hydrogens (tertiary/aromatic N) is 1. The van der Waals surface area contributed by atoms with Crippen molar-refractivity contribution in [3.05, 3.63) is 35.4 Å². The summed E-state index contributed by atoms with van der Waals surface area (Å²) in [5, 5.41) is 2.83. The Labute approximate surface area is 137 Å². The van der Waals surface area contributed by atoms with E-state index in [0.717, 1.165) is 12.8 Å². The van der Waals surface area contributed by atoms with Gasteiger partial charge in [0.2, 0.25) is 11.8 Å². The third-order valence-electron chi connectivity index (χ3n) is 4.88. The standard InChI is InChI=1S/C18H24N2O3/c1-11(2)17(19-16(21)10-23-3)18(22)20-14-8-9-15(20)13-7-5-4-6-12(13)14/h4-7,11,14-15,17H,8-10H2,1-3H3,(H,19,21)/t14-,15-,17-/m0/s1. The summed E-state index contributed by atoms with van der Waals surface area (Å²) in [4.78, 5) is 27.0. The van der Waals surface area contributed by atoms with Gasteiger partial charge in [-0.15, -0.1) is 0 Å². The maximum Gasteiger partial charge on any atom is 0.246 e. The molecule has 0 radical (unpaired) electrons.